The molecule has 374 valence electrons. The fourth-order valence-corrected chi connectivity index (χ4v) is 10.0. The first kappa shape index (κ1) is 20.9. The van der Waals surface area contributed by atoms with Crippen LogP contribution in [0.15, 0.2) is 242 Å². The van der Waals surface area contributed by atoms with E-state index in [9.17, 15) is 46.6 Å². The lowest BCUT2D eigenvalue weighted by Crippen LogP contribution is -2.61. The Kier molecular flexibility index (Phi) is 4.60. The van der Waals surface area contributed by atoms with Gasteiger partial charge in [0.15, 0.2) is 0 Å². The van der Waals surface area contributed by atoms with E-state index < -0.39 is 382 Å². The molecule has 0 bridgehead atoms. The number of fused-ring (bicyclic) bond motifs is 10. The van der Waals surface area contributed by atoms with Gasteiger partial charge >= 0.3 is 0 Å². The smallest absolute Gasteiger partial charge is 0.252 e. The minimum Gasteiger partial charge on any atom is -0.311 e. The Morgan fingerprint density at radius 1 is 0.372 bits per heavy atom. The molecule has 0 fully saturated rings. The van der Waals surface area contributed by atoms with Crippen LogP contribution in [-0.4, -0.2) is 11.3 Å². The number of rotatable bonds is 7. The molecule has 4 heterocycles. The number of anilines is 12. The Morgan fingerprint density at radius 3 is 1.56 bits per heavy atom. The fraction of sp³-hybridized carbons (Fsp3) is 0.111. The molecule has 6 heteroatoms. The van der Waals surface area contributed by atoms with Crippen LogP contribution in [0.3, 0.4) is 0 Å². The molecule has 0 spiro atoms. The third kappa shape index (κ3) is 7.02. The molecule has 0 saturated carbocycles. The van der Waals surface area contributed by atoms with Crippen molar-refractivity contribution in [2.24, 2.45) is 0 Å². The zero-order chi connectivity index (χ0) is 87.4. The van der Waals surface area contributed by atoms with Gasteiger partial charge < -0.3 is 24.2 Å². The average molecular weight is 1040 g/mol. The van der Waals surface area contributed by atoms with E-state index in [1.807, 2.05) is 0 Å². The highest BCUT2D eigenvalue weighted by Crippen LogP contribution is 2.54. The second-order valence-corrected chi connectivity index (χ2v) is 20.3. The molecule has 11 aromatic carbocycles. The van der Waals surface area contributed by atoms with Gasteiger partial charge in [-0.15, -0.1) is 0 Å². The zero-order valence-corrected chi connectivity index (χ0v) is 41.8. The molecule has 12 aromatic rings. The molecule has 15 rings (SSSR count). The van der Waals surface area contributed by atoms with E-state index in [-0.39, 0.29) is 11.1 Å². The predicted molar refractivity (Wildman–Crippen MR) is 333 cm³/mol. The van der Waals surface area contributed by atoms with Crippen LogP contribution < -0.4 is 36.0 Å². The summed E-state index contributed by atoms with van der Waals surface area (Å²) in [5.74, 6) is 0. The van der Waals surface area contributed by atoms with Crippen LogP contribution in [0.25, 0.3) is 38.3 Å². The molecule has 5 nitrogen and oxygen atoms in total. The monoisotopic (exact) mass is 1040 g/mol. The van der Waals surface area contributed by atoms with Gasteiger partial charge in [0, 0.05) is 62.0 Å². The van der Waals surface area contributed by atoms with Crippen molar-refractivity contribution in [3.63, 3.8) is 0 Å². The average Bonchev–Trinajstić information content (AvgIpc) is 1.21. The molecule has 0 atom stereocenters. The van der Waals surface area contributed by atoms with Crippen molar-refractivity contribution in [3.8, 4) is 5.69 Å². The summed E-state index contributed by atoms with van der Waals surface area (Å²) >= 11 is 0. The standard InChI is InChI=1S/C72H58BN5/c1-71(2,3)49-32-37-53(38-33-49)74(54-39-34-50(35-40-54)72(4,5)6)56-41-42-60-65(44-56)76(55-36-31-47-19-13-14-20-48(47)43-55)66-45-57(75(51-21-9-7-10-22-51)52-23-11-8-12-24-52)46-67-68(66)73(60)61-27-18-30-64-70(61)78(67)63-29-17-26-59-58-25-15-16-28-62(58)77(64)69(59)63/h7-46H,1-6H3/i7D,8D,9D,10D,11D,12D,13D,14D,15D,16D,17D,18D,19D,20D,21D,22D,23D,24D,25D,26D,27D,28D,29D,30D,31D,32D,33D,34D,35D,36D,37D,38D,39D,40D,41D,42D,43D,44D,45D,46D. The fourth-order valence-electron chi connectivity index (χ4n) is 10.0. The predicted octanol–water partition coefficient (Wildman–Crippen LogP) is 17.9. The minimum atomic E-state index is -2.48. The number of hydrogen-bond acceptors (Lipinski definition) is 4. The highest BCUT2D eigenvalue weighted by atomic mass is 15.2. The van der Waals surface area contributed by atoms with Crippen LogP contribution in [-0.2, 0) is 10.8 Å². The number of para-hydroxylation sites is 5. The molecule has 3 aliphatic heterocycles. The summed E-state index contributed by atoms with van der Waals surface area (Å²) in [7, 11) is 0. The molecule has 0 N–H and O–H groups in total. The molecular formula is C72H58BN5. The van der Waals surface area contributed by atoms with E-state index in [1.165, 1.54) is 41.5 Å². The third-order valence-electron chi connectivity index (χ3n) is 13.6. The van der Waals surface area contributed by atoms with E-state index in [1.54, 1.807) is 0 Å². The van der Waals surface area contributed by atoms with Crippen molar-refractivity contribution < 1.29 is 54.8 Å². The molecule has 0 amide bonds. The first-order valence-electron chi connectivity index (χ1n) is 44.2. The second kappa shape index (κ2) is 17.1. The summed E-state index contributed by atoms with van der Waals surface area (Å²) in [5, 5.41) is -2.95. The highest BCUT2D eigenvalue weighted by Gasteiger charge is 2.47. The minimum absolute atomic E-state index is 0.266. The van der Waals surface area contributed by atoms with Crippen molar-refractivity contribution in [1.82, 2.24) is 4.57 Å². The number of nitrogens with zero attached hydrogens (tertiary/aromatic N) is 5. The largest absolute Gasteiger partial charge is 0.311 e. The Balaban J connectivity index is 1.30. The second-order valence-electron chi connectivity index (χ2n) is 20.3. The maximum atomic E-state index is 11.3. The maximum Gasteiger partial charge on any atom is 0.252 e. The van der Waals surface area contributed by atoms with Crippen molar-refractivity contribution in [2.45, 2.75) is 52.4 Å². The Hall–Kier alpha value is -9.26. The van der Waals surface area contributed by atoms with Crippen LogP contribution in [0.5, 0.6) is 0 Å². The first-order valence-corrected chi connectivity index (χ1v) is 24.2. The van der Waals surface area contributed by atoms with Gasteiger partial charge in [-0.25, -0.2) is 0 Å². The zero-order valence-electron chi connectivity index (χ0n) is 81.8. The van der Waals surface area contributed by atoms with Gasteiger partial charge in [-0.1, -0.05) is 181 Å². The molecule has 0 aliphatic carbocycles. The summed E-state index contributed by atoms with van der Waals surface area (Å²) in [5.41, 5.74) is -21.0. The van der Waals surface area contributed by atoms with E-state index in [0.29, 0.717) is 14.7 Å². The van der Waals surface area contributed by atoms with Gasteiger partial charge in [-0.05, 0) is 152 Å². The van der Waals surface area contributed by atoms with Crippen molar-refractivity contribution >= 4 is 124 Å². The topological polar surface area (TPSA) is 17.9 Å². The van der Waals surface area contributed by atoms with Gasteiger partial charge in [-0.2, -0.15) is 0 Å². The summed E-state index contributed by atoms with van der Waals surface area (Å²) in [6, 6.07) is -45.2. The molecular weight excluding hydrogens is 946 g/mol. The molecule has 3 aliphatic rings. The van der Waals surface area contributed by atoms with E-state index in [0.717, 1.165) is 9.47 Å². The number of aromatic nitrogens is 1. The molecule has 0 saturated heterocycles. The highest BCUT2D eigenvalue weighted by molar-refractivity contribution is 7.00. The molecule has 1 aromatic heterocycles. The number of hydrogen-bond donors (Lipinski definition) is 0. The molecule has 0 unspecified atom stereocenters. The van der Waals surface area contributed by atoms with E-state index in [2.05, 4.69) is 0 Å². The summed E-state index contributed by atoms with van der Waals surface area (Å²) in [6.07, 6.45) is 0. The van der Waals surface area contributed by atoms with Gasteiger partial charge in [0.1, 0.15) is 0 Å². The van der Waals surface area contributed by atoms with E-state index in [4.69, 9.17) is 8.22 Å². The Bertz CT molecular complexity index is 6560. The van der Waals surface area contributed by atoms with Crippen LogP contribution in [0.4, 0.5) is 68.2 Å². The lowest BCUT2D eigenvalue weighted by molar-refractivity contribution is 0.590. The van der Waals surface area contributed by atoms with Gasteiger partial charge in [0.25, 0.3) is 6.71 Å². The lowest BCUT2D eigenvalue weighted by atomic mass is 9.33. The third-order valence-corrected chi connectivity index (χ3v) is 13.6. The maximum absolute atomic E-state index is 11.3. The van der Waals surface area contributed by atoms with Crippen LogP contribution in [0.2, 0.25) is 0 Å². The van der Waals surface area contributed by atoms with Gasteiger partial charge in [0.05, 0.1) is 88.6 Å². The van der Waals surface area contributed by atoms with Crippen molar-refractivity contribution in [1.29, 1.82) is 0 Å². The SMILES string of the molecule is [2H]c1c([2H])c([2H])c(N(c2c([2H])c([2H])c([2H])c([2H])c2[2H])c2c([2H])c3c4c(c2[2H])N2c5c(c([2H])c([2H])c([2H])c5-n5c6c([2H])c([2H])c([2H])c([2H])c6c6c([2H])c([2H])c([2H])c2c65)B4c2c([2H])c([2H])c(N(c4c([2H])c([2H])c(C(C)(C)C)c([2H])c4[2H])c4c([2H])c([2H])c(C(C)(C)C)c([2H])c4[2H])c([2H])c2N3c2c([2H])c([2H])c3c([2H])c([2H])c([2H])c([2H])c3c2[2H])c([2H])c1[2H]. The Morgan fingerprint density at radius 2 is 0.897 bits per heavy atom. The molecule has 0 radical (unpaired) electrons. The normalized spacial score (nSPS) is 20.4. The van der Waals surface area contributed by atoms with Crippen LogP contribution >= 0.6 is 0 Å². The van der Waals surface area contributed by atoms with Crippen molar-refractivity contribution in [2.75, 3.05) is 19.6 Å². The first-order chi connectivity index (χ1) is 54.7. The summed E-state index contributed by atoms with van der Waals surface area (Å²) in [6.45, 7) is 6.71. The molecule has 78 heavy (non-hydrogen) atoms. The van der Waals surface area contributed by atoms with E-state index >= 15 is 0 Å². The van der Waals surface area contributed by atoms with Crippen molar-refractivity contribution in [3.05, 3.63) is 253 Å². The van der Waals surface area contributed by atoms with Crippen LogP contribution in [0, 0.1) is 0 Å². The quantitative estimate of drug-likeness (QED) is 0.148. The number of benzene rings is 11. The van der Waals surface area contributed by atoms with Gasteiger partial charge in [0.2, 0.25) is 0 Å². The summed E-state index contributed by atoms with van der Waals surface area (Å²) in [4.78, 5) is 2.06. The summed E-state index contributed by atoms with van der Waals surface area (Å²) < 4.78 is 393. The Labute approximate surface area is 513 Å². The lowest BCUT2D eigenvalue weighted by Gasteiger charge is -2.47. The van der Waals surface area contributed by atoms with Gasteiger partial charge in [-0.3, -0.25) is 0 Å². The van der Waals surface area contributed by atoms with Crippen LogP contribution in [0.1, 0.15) is 107 Å².